The molecule has 3 rings (SSSR count). The van der Waals surface area contributed by atoms with Crippen LogP contribution < -0.4 is 10.7 Å². The summed E-state index contributed by atoms with van der Waals surface area (Å²) in [7, 11) is 0. The van der Waals surface area contributed by atoms with E-state index in [0.717, 1.165) is 11.6 Å². The quantitative estimate of drug-likeness (QED) is 0.539. The highest BCUT2D eigenvalue weighted by Gasteiger charge is 2.09. The molecule has 2 aromatic carbocycles. The van der Waals surface area contributed by atoms with Crippen molar-refractivity contribution in [1.29, 1.82) is 0 Å². The van der Waals surface area contributed by atoms with E-state index in [4.69, 9.17) is 11.6 Å². The van der Waals surface area contributed by atoms with Crippen LogP contribution in [0.15, 0.2) is 70.6 Å². The fraction of sp³-hybridized carbons (Fsp3) is 0.0588. The molecule has 0 spiro atoms. The van der Waals surface area contributed by atoms with E-state index in [-0.39, 0.29) is 0 Å². The third kappa shape index (κ3) is 3.75. The number of hydrogen-bond donors (Lipinski definition) is 0. The average molecular weight is 344 g/mol. The van der Waals surface area contributed by atoms with Crippen LogP contribution in [0.3, 0.4) is 0 Å². The molecule has 23 heavy (non-hydrogen) atoms. The molecular weight excluding hydrogens is 332 g/mol. The molecule has 0 bridgehead atoms. The Hall–Kier alpha value is -2.24. The highest BCUT2D eigenvalue weighted by molar-refractivity contribution is 7.98. The van der Waals surface area contributed by atoms with E-state index in [0.29, 0.717) is 21.6 Å². The first-order chi connectivity index (χ1) is 11.1. The Labute approximate surface area is 142 Å². The summed E-state index contributed by atoms with van der Waals surface area (Å²) >= 11 is 7.23. The van der Waals surface area contributed by atoms with Gasteiger partial charge in [0.1, 0.15) is 0 Å². The molecule has 1 heterocycles. The maximum absolute atomic E-state index is 12.2. The molecule has 116 valence electrons. The summed E-state index contributed by atoms with van der Waals surface area (Å²) in [4.78, 5) is 16.2. The fourth-order valence-corrected chi connectivity index (χ4v) is 3.18. The van der Waals surface area contributed by atoms with Gasteiger partial charge in [0, 0.05) is 16.8 Å². The molecule has 0 saturated heterocycles. The molecule has 0 unspecified atom stereocenters. The summed E-state index contributed by atoms with van der Waals surface area (Å²) in [6, 6.07) is 17.6. The highest BCUT2D eigenvalue weighted by Crippen LogP contribution is 2.24. The number of thioether (sulfide) groups is 1. The Morgan fingerprint density at radius 1 is 1.09 bits per heavy atom. The zero-order valence-corrected chi connectivity index (χ0v) is 13.6. The van der Waals surface area contributed by atoms with Crippen molar-refractivity contribution < 1.29 is 5.11 Å². The van der Waals surface area contributed by atoms with E-state index in [1.54, 1.807) is 24.3 Å². The van der Waals surface area contributed by atoms with Gasteiger partial charge in [0.2, 0.25) is 0 Å². The van der Waals surface area contributed by atoms with Gasteiger partial charge in [0.05, 0.1) is 5.69 Å². The topological polar surface area (TPSA) is 57.9 Å². The number of halogens is 1. The first kappa shape index (κ1) is 15.6. The van der Waals surface area contributed by atoms with Crippen molar-refractivity contribution >= 4 is 23.4 Å². The molecule has 0 fully saturated rings. The summed E-state index contributed by atoms with van der Waals surface area (Å²) in [5.74, 6) is 0.0837. The molecule has 1 aromatic heterocycles. The number of aromatic nitrogens is 2. The Morgan fingerprint density at radius 3 is 2.48 bits per heavy atom. The lowest BCUT2D eigenvalue weighted by Crippen LogP contribution is -2.21. The van der Waals surface area contributed by atoms with Crippen molar-refractivity contribution in [3.05, 3.63) is 81.6 Å². The zero-order valence-electron chi connectivity index (χ0n) is 12.0. The maximum atomic E-state index is 12.2. The van der Waals surface area contributed by atoms with Crippen LogP contribution in [-0.2, 0) is 5.75 Å². The van der Waals surface area contributed by atoms with Gasteiger partial charge in [0.25, 0.3) is 5.56 Å². The lowest BCUT2D eigenvalue weighted by Gasteiger charge is -2.14. The first-order valence-electron chi connectivity index (χ1n) is 6.87. The van der Waals surface area contributed by atoms with Gasteiger partial charge >= 0.3 is 0 Å². The van der Waals surface area contributed by atoms with E-state index >= 15 is 0 Å². The third-order valence-electron chi connectivity index (χ3n) is 3.16. The largest absolute Gasteiger partial charge is 0.858 e. The molecule has 0 saturated carbocycles. The second-order valence-electron chi connectivity index (χ2n) is 4.80. The molecule has 0 aliphatic heterocycles. The molecule has 3 aromatic rings. The van der Waals surface area contributed by atoms with Crippen molar-refractivity contribution in [3.8, 4) is 11.6 Å². The molecule has 0 aliphatic rings. The predicted molar refractivity (Wildman–Crippen MR) is 90.3 cm³/mol. The molecule has 6 heteroatoms. The second kappa shape index (κ2) is 6.89. The molecule has 0 radical (unpaired) electrons. The van der Waals surface area contributed by atoms with Crippen molar-refractivity contribution in [3.63, 3.8) is 0 Å². The minimum atomic E-state index is -0.532. The van der Waals surface area contributed by atoms with E-state index in [9.17, 15) is 9.90 Å². The van der Waals surface area contributed by atoms with Crippen LogP contribution in [0.5, 0.6) is 5.88 Å². The van der Waals surface area contributed by atoms with E-state index in [1.807, 2.05) is 30.3 Å². The van der Waals surface area contributed by atoms with E-state index < -0.39 is 11.4 Å². The Kier molecular flexibility index (Phi) is 4.69. The SMILES string of the molecule is O=c1cc([O-])nc(SCc2ccccc2)n1-c1ccc(Cl)cc1. The normalized spacial score (nSPS) is 10.7. The van der Waals surface area contributed by atoms with Gasteiger partial charge in [-0.25, -0.2) is 4.98 Å². The summed E-state index contributed by atoms with van der Waals surface area (Å²) < 4.78 is 1.42. The van der Waals surface area contributed by atoms with Crippen molar-refractivity contribution in [1.82, 2.24) is 9.55 Å². The minimum absolute atomic E-state index is 0.369. The molecule has 4 nitrogen and oxygen atoms in total. The Balaban J connectivity index is 1.98. The van der Waals surface area contributed by atoms with Crippen molar-refractivity contribution in [2.45, 2.75) is 10.9 Å². The molecule has 0 atom stereocenters. The number of hydrogen-bond acceptors (Lipinski definition) is 4. The van der Waals surface area contributed by atoms with Gasteiger partial charge < -0.3 is 5.11 Å². The van der Waals surface area contributed by atoms with Crippen molar-refractivity contribution in [2.24, 2.45) is 0 Å². The maximum Gasteiger partial charge on any atom is 0.258 e. The standard InChI is InChI=1S/C17H13ClN2O2S/c18-13-6-8-14(9-7-13)20-16(22)10-15(21)19-17(20)23-11-12-4-2-1-3-5-12/h1-10,21H,11H2/p-1. The van der Waals surface area contributed by atoms with Gasteiger partial charge in [0.15, 0.2) is 5.16 Å². The van der Waals surface area contributed by atoms with Gasteiger partial charge in [-0.3, -0.25) is 9.36 Å². The first-order valence-corrected chi connectivity index (χ1v) is 8.23. The molecule has 0 N–H and O–H groups in total. The zero-order chi connectivity index (χ0) is 16.2. The van der Waals surface area contributed by atoms with Crippen LogP contribution >= 0.6 is 23.4 Å². The van der Waals surface area contributed by atoms with Gasteiger partial charge in [-0.2, -0.15) is 0 Å². The summed E-state index contributed by atoms with van der Waals surface area (Å²) in [6.07, 6.45) is 0. The van der Waals surface area contributed by atoms with Gasteiger partial charge in [-0.05, 0) is 35.7 Å². The van der Waals surface area contributed by atoms with E-state index in [1.165, 1.54) is 16.3 Å². The van der Waals surface area contributed by atoms with Crippen LogP contribution in [0.25, 0.3) is 5.69 Å². The lowest BCUT2D eigenvalue weighted by atomic mass is 10.2. The molecular formula is C17H12ClN2O2S-. The minimum Gasteiger partial charge on any atom is -0.858 e. The number of rotatable bonds is 4. The van der Waals surface area contributed by atoms with Gasteiger partial charge in [-0.15, -0.1) is 0 Å². The Bertz CT molecular complexity index is 864. The van der Waals surface area contributed by atoms with Crippen LogP contribution in [0.2, 0.25) is 5.02 Å². The average Bonchev–Trinajstić information content (AvgIpc) is 2.55. The predicted octanol–water partition coefficient (Wildman–Crippen LogP) is 3.25. The van der Waals surface area contributed by atoms with Gasteiger partial charge in [-0.1, -0.05) is 53.7 Å². The fourth-order valence-electron chi connectivity index (χ4n) is 2.09. The lowest BCUT2D eigenvalue weighted by molar-refractivity contribution is -0.276. The third-order valence-corrected chi connectivity index (χ3v) is 4.42. The Morgan fingerprint density at radius 2 is 1.78 bits per heavy atom. The van der Waals surface area contributed by atoms with Crippen LogP contribution in [0.4, 0.5) is 0 Å². The number of benzene rings is 2. The van der Waals surface area contributed by atoms with Crippen molar-refractivity contribution in [2.75, 3.05) is 0 Å². The summed E-state index contributed by atoms with van der Waals surface area (Å²) in [6.45, 7) is 0. The second-order valence-corrected chi connectivity index (χ2v) is 6.18. The molecule has 0 aliphatic carbocycles. The van der Waals surface area contributed by atoms with Crippen LogP contribution in [-0.4, -0.2) is 9.55 Å². The summed E-state index contributed by atoms with van der Waals surface area (Å²) in [5.41, 5.74) is 1.32. The highest BCUT2D eigenvalue weighted by atomic mass is 35.5. The number of nitrogens with zero attached hydrogens (tertiary/aromatic N) is 2. The van der Waals surface area contributed by atoms with E-state index in [2.05, 4.69) is 4.98 Å². The summed E-state index contributed by atoms with van der Waals surface area (Å²) in [5, 5.41) is 12.5. The van der Waals surface area contributed by atoms with Crippen LogP contribution in [0, 0.1) is 0 Å². The molecule has 0 amide bonds. The smallest absolute Gasteiger partial charge is 0.258 e. The monoisotopic (exact) mass is 343 g/mol. The van der Waals surface area contributed by atoms with Crippen LogP contribution in [0.1, 0.15) is 5.56 Å².